The van der Waals surface area contributed by atoms with Crippen molar-refractivity contribution >= 4 is 40.6 Å². The van der Waals surface area contributed by atoms with Gasteiger partial charge in [0.1, 0.15) is 24.9 Å². The summed E-state index contributed by atoms with van der Waals surface area (Å²) in [5.74, 6) is -1.80. The van der Waals surface area contributed by atoms with Crippen molar-refractivity contribution < 1.29 is 44.8 Å². The lowest BCUT2D eigenvalue weighted by Crippen LogP contribution is -2.59. The molecule has 4 rings (SSSR count). The molecule has 186 valence electrons. The number of aliphatic hydroxyl groups excluding tert-OH is 4. The van der Waals surface area contributed by atoms with Crippen LogP contribution < -0.4 is 5.32 Å². The number of aliphatic hydroxyl groups is 4. The molecule has 2 aliphatic heterocycles. The molecule has 1 amide bonds. The fraction of sp³-hybridized carbons (Fsp3) is 0.286. The van der Waals surface area contributed by atoms with Crippen molar-refractivity contribution in [2.45, 2.75) is 30.7 Å². The van der Waals surface area contributed by atoms with E-state index in [4.69, 9.17) is 37.1 Å². The zero-order valence-corrected chi connectivity index (χ0v) is 18.4. The number of nitro groups is 1. The van der Waals surface area contributed by atoms with Crippen LogP contribution in [0.4, 0.5) is 11.4 Å². The lowest BCUT2D eigenvalue weighted by molar-refractivity contribution is -0.384. The topological polar surface area (TPSA) is 212 Å². The van der Waals surface area contributed by atoms with E-state index in [9.17, 15) is 19.7 Å². The number of carbonyl (C=O) groups is 2. The van der Waals surface area contributed by atoms with Gasteiger partial charge in [0.25, 0.3) is 5.69 Å². The number of halogens is 1. The number of nitro benzene ring substituents is 1. The van der Waals surface area contributed by atoms with Crippen molar-refractivity contribution in [2.75, 3.05) is 11.9 Å². The van der Waals surface area contributed by atoms with E-state index in [1.807, 2.05) is 0 Å². The Morgan fingerprint density at radius 1 is 1.09 bits per heavy atom. The number of hydrogen-bond acceptors (Lipinski definition) is 10. The zero-order chi connectivity index (χ0) is 25.9. The molecule has 13 nitrogen and oxygen atoms in total. The van der Waals surface area contributed by atoms with Gasteiger partial charge in [0.15, 0.2) is 12.4 Å². The van der Waals surface area contributed by atoms with Crippen LogP contribution >= 0.6 is 11.6 Å². The number of ether oxygens (including phenoxy) is 1. The fourth-order valence-corrected chi connectivity index (χ4v) is 3.55. The molecule has 2 aliphatic rings. The van der Waals surface area contributed by atoms with Gasteiger partial charge in [-0.3, -0.25) is 19.9 Å². The smallest absolute Gasteiger partial charge is 0.335 e. The molecule has 35 heavy (non-hydrogen) atoms. The number of rotatable bonds is 3. The minimum absolute atomic E-state index is 0.0664. The van der Waals surface area contributed by atoms with Crippen molar-refractivity contribution in [3.05, 3.63) is 68.7 Å². The molecule has 0 spiro atoms. The molecule has 1 saturated heterocycles. The number of carbonyl (C=O) groups excluding carboxylic acids is 1. The van der Waals surface area contributed by atoms with Crippen molar-refractivity contribution in [2.24, 2.45) is 4.99 Å². The van der Waals surface area contributed by atoms with Crippen LogP contribution in [0.25, 0.3) is 0 Å². The van der Waals surface area contributed by atoms with Crippen LogP contribution in [0.15, 0.2) is 47.5 Å². The van der Waals surface area contributed by atoms with Crippen LogP contribution in [-0.2, 0) is 14.3 Å². The standard InChI is InChI=1S/C15H10ClN3O3.C6H10O7/c16-12-4-2-1-3-10(12)15-11-7-9(19(21)22)5-6-13(11)18-14(20)8-17-15;7-1-2(8)4(5(10)11)13-6(12)3(1)9/h1-7H,8H2,(H,18,20);1-4,6-9,12H,(H,10,11)/t;1-,2-,3+,4-,6?/m.0/s1. The van der Waals surface area contributed by atoms with Gasteiger partial charge in [0, 0.05) is 28.3 Å². The molecule has 0 aliphatic carbocycles. The third-order valence-electron chi connectivity index (χ3n) is 5.08. The molecule has 0 aromatic heterocycles. The summed E-state index contributed by atoms with van der Waals surface area (Å²) in [4.78, 5) is 36.9. The van der Waals surface area contributed by atoms with Crippen LogP contribution in [0.2, 0.25) is 5.02 Å². The van der Waals surface area contributed by atoms with E-state index in [-0.39, 0.29) is 18.1 Å². The zero-order valence-electron chi connectivity index (χ0n) is 17.7. The third-order valence-corrected chi connectivity index (χ3v) is 5.41. The maximum absolute atomic E-state index is 11.7. The molecule has 14 heteroatoms. The van der Waals surface area contributed by atoms with Gasteiger partial charge in [-0.2, -0.15) is 0 Å². The highest BCUT2D eigenvalue weighted by molar-refractivity contribution is 6.36. The Labute approximate surface area is 202 Å². The highest BCUT2D eigenvalue weighted by atomic mass is 35.5. The Kier molecular flexibility index (Phi) is 8.11. The first kappa shape index (κ1) is 26.2. The van der Waals surface area contributed by atoms with Crippen LogP contribution in [0.5, 0.6) is 0 Å². The predicted octanol–water partition coefficient (Wildman–Crippen LogP) is -0.0914. The number of non-ortho nitro benzene ring substituents is 1. The lowest BCUT2D eigenvalue weighted by Gasteiger charge is -2.36. The lowest BCUT2D eigenvalue weighted by atomic mass is 9.99. The summed E-state index contributed by atoms with van der Waals surface area (Å²) in [5, 5.41) is 58.5. The maximum atomic E-state index is 11.7. The molecule has 2 aromatic carbocycles. The second kappa shape index (κ2) is 10.9. The molecule has 0 radical (unpaired) electrons. The van der Waals surface area contributed by atoms with E-state index in [1.54, 1.807) is 24.3 Å². The van der Waals surface area contributed by atoms with Crippen molar-refractivity contribution in [3.8, 4) is 0 Å². The quantitative estimate of drug-likeness (QED) is 0.239. The second-order valence-corrected chi connectivity index (χ2v) is 7.84. The number of amides is 1. The molecule has 0 bridgehead atoms. The molecule has 2 aromatic rings. The van der Waals surface area contributed by atoms with Crippen molar-refractivity contribution in [1.82, 2.24) is 0 Å². The number of aliphatic imine (C=N–C) groups is 1. The minimum atomic E-state index is -1.81. The van der Waals surface area contributed by atoms with Gasteiger partial charge in [0.05, 0.1) is 16.3 Å². The van der Waals surface area contributed by atoms with Crippen molar-refractivity contribution in [3.63, 3.8) is 0 Å². The first-order valence-electron chi connectivity index (χ1n) is 9.99. The number of aliphatic carboxylic acids is 1. The van der Waals surface area contributed by atoms with E-state index in [1.165, 1.54) is 18.2 Å². The van der Waals surface area contributed by atoms with Gasteiger partial charge >= 0.3 is 5.97 Å². The van der Waals surface area contributed by atoms with Gasteiger partial charge in [-0.05, 0) is 12.1 Å². The molecule has 6 N–H and O–H groups in total. The Morgan fingerprint density at radius 3 is 2.40 bits per heavy atom. The van der Waals surface area contributed by atoms with E-state index in [0.717, 1.165) is 0 Å². The highest BCUT2D eigenvalue weighted by Crippen LogP contribution is 2.29. The molecule has 5 atom stereocenters. The summed E-state index contributed by atoms with van der Waals surface area (Å²) in [5.41, 5.74) is 1.97. The molecular formula is C21H20ClN3O10. The summed E-state index contributed by atoms with van der Waals surface area (Å²) < 4.78 is 4.34. The van der Waals surface area contributed by atoms with Crippen LogP contribution in [0.3, 0.4) is 0 Å². The summed E-state index contributed by atoms with van der Waals surface area (Å²) in [7, 11) is 0. The molecule has 0 saturated carbocycles. The Hall–Kier alpha value is -3.46. The average Bonchev–Trinajstić information content (AvgIpc) is 2.98. The fourth-order valence-electron chi connectivity index (χ4n) is 3.33. The number of carboxylic acids is 1. The number of hydrogen-bond donors (Lipinski definition) is 6. The molecular weight excluding hydrogens is 490 g/mol. The van der Waals surface area contributed by atoms with E-state index < -0.39 is 41.6 Å². The summed E-state index contributed by atoms with van der Waals surface area (Å²) >= 11 is 6.20. The normalized spacial score (nSPS) is 25.7. The average molecular weight is 510 g/mol. The number of nitrogens with one attached hydrogen (secondary N) is 1. The van der Waals surface area contributed by atoms with Gasteiger partial charge in [-0.15, -0.1) is 0 Å². The van der Waals surface area contributed by atoms with Crippen LogP contribution in [0, 0.1) is 10.1 Å². The van der Waals surface area contributed by atoms with Gasteiger partial charge in [-0.25, -0.2) is 4.79 Å². The predicted molar refractivity (Wildman–Crippen MR) is 120 cm³/mol. The number of anilines is 1. The highest BCUT2D eigenvalue weighted by Gasteiger charge is 2.46. The van der Waals surface area contributed by atoms with Crippen LogP contribution in [-0.4, -0.2) is 85.3 Å². The minimum Gasteiger partial charge on any atom is -0.479 e. The third kappa shape index (κ3) is 5.79. The van der Waals surface area contributed by atoms with Crippen molar-refractivity contribution in [1.29, 1.82) is 0 Å². The van der Waals surface area contributed by atoms with Gasteiger partial charge < -0.3 is 35.6 Å². The molecule has 1 fully saturated rings. The second-order valence-electron chi connectivity index (χ2n) is 7.44. The molecule has 1 unspecified atom stereocenters. The van der Waals surface area contributed by atoms with E-state index in [2.05, 4.69) is 15.0 Å². The Bertz CT molecular complexity index is 1170. The van der Waals surface area contributed by atoms with E-state index in [0.29, 0.717) is 27.5 Å². The number of benzodiazepines with no additional fused rings is 1. The summed E-state index contributed by atoms with van der Waals surface area (Å²) in [6.07, 6.45) is -8.72. The molecule has 2 heterocycles. The number of fused-ring (bicyclic) bond motifs is 1. The number of nitrogens with zero attached hydrogens (tertiary/aromatic N) is 2. The number of benzene rings is 2. The van der Waals surface area contributed by atoms with E-state index >= 15 is 0 Å². The summed E-state index contributed by atoms with van der Waals surface area (Å²) in [6.45, 7) is -0.0664. The first-order chi connectivity index (χ1) is 16.5. The number of carboxylic acid groups (broad SMARTS) is 1. The van der Waals surface area contributed by atoms with Gasteiger partial charge in [-0.1, -0.05) is 29.8 Å². The monoisotopic (exact) mass is 509 g/mol. The van der Waals surface area contributed by atoms with Crippen LogP contribution in [0.1, 0.15) is 11.1 Å². The first-order valence-corrected chi connectivity index (χ1v) is 10.4. The Balaban J connectivity index is 0.000000225. The summed E-state index contributed by atoms with van der Waals surface area (Å²) in [6, 6.07) is 11.3. The maximum Gasteiger partial charge on any atom is 0.335 e. The largest absolute Gasteiger partial charge is 0.479 e. The van der Waals surface area contributed by atoms with Gasteiger partial charge in [0.2, 0.25) is 5.91 Å². The Morgan fingerprint density at radius 2 is 1.77 bits per heavy atom. The SMILES string of the molecule is O=C(O)[C@H]1OC(O)[C@H](O)[C@@H](O)[C@@H]1O.O=C1CN=C(c2ccccc2Cl)c2cc([N+](=O)[O-])ccc2N1.